The number of aliphatic hydroxyl groups excluding tert-OH is 6. The van der Waals surface area contributed by atoms with Crippen LogP contribution in [0.5, 0.6) is 0 Å². The molecule has 0 amide bonds. The van der Waals surface area contributed by atoms with E-state index in [4.69, 9.17) is 20.3 Å². The molecule has 2 aliphatic heterocycles. The first-order valence-corrected chi connectivity index (χ1v) is 13.8. The summed E-state index contributed by atoms with van der Waals surface area (Å²) in [6.07, 6.45) is -15.5. The standard InChI is InChI=1S/C16H25N5O16P2/c17-16-19-12-6(13(28)20-16)18-3-21(12)14-10(26)8(24)5(34-14)2-33-38(29,30)37-39(31,32)36-15-11(27)9(25)7(23)4(1-22)35-15/h3-5,7-11,14-15,22-27H,1-2H2,(H,29,30)(H,31,32)(H3,17,19,20,28)/p-2. The molecule has 2 aromatic rings. The Hall–Kier alpha value is -1.91. The molecule has 220 valence electrons. The Balaban J connectivity index is 1.39. The zero-order chi connectivity index (χ0) is 28.9. The number of nitrogens with one attached hydrogen (secondary N) is 1. The summed E-state index contributed by atoms with van der Waals surface area (Å²) >= 11 is 0. The quantitative estimate of drug-likeness (QED) is 0.124. The van der Waals surface area contributed by atoms with E-state index < -0.39 is 89.7 Å². The van der Waals surface area contributed by atoms with Crippen molar-refractivity contribution in [1.29, 1.82) is 0 Å². The minimum Gasteiger partial charge on any atom is -0.756 e. The Morgan fingerprint density at radius 3 is 2.36 bits per heavy atom. The van der Waals surface area contributed by atoms with Gasteiger partial charge in [0.1, 0.15) is 42.7 Å². The fourth-order valence-electron chi connectivity index (χ4n) is 3.84. The highest BCUT2D eigenvalue weighted by molar-refractivity contribution is 7.59. The SMILES string of the molecule is Nc1nc2c(ncn2C2OC(COP(=O)([O-])OP(=O)([O-])OC3OC(CO)C(O)C(O)C3O)C(O)C2O)c(=O)[nH]1. The van der Waals surface area contributed by atoms with E-state index in [1.807, 2.05) is 0 Å². The van der Waals surface area contributed by atoms with Crippen LogP contribution in [0.15, 0.2) is 11.1 Å². The minimum atomic E-state index is -5.91. The number of imidazole rings is 1. The van der Waals surface area contributed by atoms with E-state index in [-0.39, 0.29) is 17.1 Å². The second-order valence-corrected chi connectivity index (χ2v) is 11.3. The second kappa shape index (κ2) is 11.2. The second-order valence-electron chi connectivity index (χ2n) is 8.40. The molecular formula is C16H23N5O16P2-2. The van der Waals surface area contributed by atoms with E-state index in [0.717, 1.165) is 10.9 Å². The van der Waals surface area contributed by atoms with Crippen LogP contribution in [0.1, 0.15) is 6.23 Å². The molecule has 0 aromatic carbocycles. The number of H-pyrrole nitrogens is 1. The van der Waals surface area contributed by atoms with Crippen LogP contribution in [0.3, 0.4) is 0 Å². The van der Waals surface area contributed by atoms with Gasteiger partial charge in [-0.2, -0.15) is 4.98 Å². The summed E-state index contributed by atoms with van der Waals surface area (Å²) in [7, 11) is -11.7. The molecule has 2 aromatic heterocycles. The monoisotopic (exact) mass is 603 g/mol. The topological polar surface area (TPSA) is 337 Å². The van der Waals surface area contributed by atoms with Gasteiger partial charge < -0.3 is 60.2 Å². The fourth-order valence-corrected chi connectivity index (χ4v) is 5.92. The van der Waals surface area contributed by atoms with E-state index in [1.54, 1.807) is 0 Å². The van der Waals surface area contributed by atoms with Gasteiger partial charge in [-0.25, -0.2) is 9.29 Å². The predicted octanol–water partition coefficient (Wildman–Crippen LogP) is -5.89. The third kappa shape index (κ3) is 6.22. The number of nitrogens with zero attached hydrogens (tertiary/aromatic N) is 3. The van der Waals surface area contributed by atoms with Crippen LogP contribution in [0.25, 0.3) is 11.2 Å². The van der Waals surface area contributed by atoms with Crippen LogP contribution in [0.2, 0.25) is 0 Å². The van der Waals surface area contributed by atoms with Crippen molar-refractivity contribution in [2.24, 2.45) is 0 Å². The van der Waals surface area contributed by atoms with Crippen LogP contribution in [0, 0.1) is 0 Å². The molecule has 2 aliphatic rings. The number of rotatable bonds is 9. The van der Waals surface area contributed by atoms with Crippen LogP contribution >= 0.6 is 15.6 Å². The molecule has 23 heteroatoms. The zero-order valence-corrected chi connectivity index (χ0v) is 21.1. The summed E-state index contributed by atoms with van der Waals surface area (Å²) < 4.78 is 48.1. The fraction of sp³-hybridized carbons (Fsp3) is 0.688. The van der Waals surface area contributed by atoms with Gasteiger partial charge in [0, 0.05) is 0 Å². The van der Waals surface area contributed by atoms with Crippen LogP contribution in [-0.2, 0) is 32.0 Å². The van der Waals surface area contributed by atoms with Gasteiger partial charge in [0.05, 0.1) is 19.5 Å². The third-order valence-corrected chi connectivity index (χ3v) is 8.27. The van der Waals surface area contributed by atoms with Crippen molar-refractivity contribution in [2.45, 2.75) is 55.2 Å². The van der Waals surface area contributed by atoms with Gasteiger partial charge in [0.2, 0.25) is 5.95 Å². The van der Waals surface area contributed by atoms with Crippen molar-refractivity contribution < 1.29 is 72.4 Å². The van der Waals surface area contributed by atoms with E-state index in [0.29, 0.717) is 0 Å². The molecule has 4 rings (SSSR count). The predicted molar refractivity (Wildman–Crippen MR) is 116 cm³/mol. The van der Waals surface area contributed by atoms with Gasteiger partial charge >= 0.3 is 0 Å². The molecule has 0 aliphatic carbocycles. The summed E-state index contributed by atoms with van der Waals surface area (Å²) in [6, 6.07) is 0. The van der Waals surface area contributed by atoms with Gasteiger partial charge in [-0.05, 0) is 0 Å². The summed E-state index contributed by atoms with van der Waals surface area (Å²) in [5.74, 6) is -0.292. The van der Waals surface area contributed by atoms with Crippen LogP contribution in [0.4, 0.5) is 5.95 Å². The highest BCUT2D eigenvalue weighted by atomic mass is 31.3. The van der Waals surface area contributed by atoms with Crippen molar-refractivity contribution in [3.8, 4) is 0 Å². The summed E-state index contributed by atoms with van der Waals surface area (Å²) in [5.41, 5.74) is 4.48. The number of aromatic amines is 1. The van der Waals surface area contributed by atoms with Gasteiger partial charge in [-0.1, -0.05) is 0 Å². The number of ether oxygens (including phenoxy) is 2. The Kier molecular flexibility index (Phi) is 8.60. The number of hydrogen-bond acceptors (Lipinski definition) is 19. The van der Waals surface area contributed by atoms with E-state index in [1.165, 1.54) is 0 Å². The first-order valence-electron chi connectivity index (χ1n) is 10.8. The molecule has 0 bridgehead atoms. The molecule has 11 atom stereocenters. The Morgan fingerprint density at radius 2 is 1.69 bits per heavy atom. The summed E-state index contributed by atoms with van der Waals surface area (Å²) in [6.45, 7) is -2.01. The molecule has 2 saturated heterocycles. The average Bonchev–Trinajstić information content (AvgIpc) is 3.38. The number of hydrogen-bond donors (Lipinski definition) is 8. The first kappa shape index (κ1) is 30.1. The van der Waals surface area contributed by atoms with E-state index in [2.05, 4.69) is 28.3 Å². The number of nitrogens with two attached hydrogens (primary N) is 1. The van der Waals surface area contributed by atoms with Gasteiger partial charge in [0.25, 0.3) is 21.2 Å². The lowest BCUT2D eigenvalue weighted by Crippen LogP contribution is -2.59. The van der Waals surface area contributed by atoms with Crippen molar-refractivity contribution in [3.05, 3.63) is 16.7 Å². The lowest BCUT2D eigenvalue weighted by molar-refractivity contribution is -0.305. The number of phosphoric ester groups is 2. The van der Waals surface area contributed by atoms with Crippen LogP contribution in [-0.4, -0.2) is 112 Å². The molecule has 9 N–H and O–H groups in total. The molecule has 0 radical (unpaired) electrons. The third-order valence-electron chi connectivity index (χ3n) is 5.74. The lowest BCUT2D eigenvalue weighted by atomic mass is 10.00. The molecule has 2 fully saturated rings. The maximum atomic E-state index is 12.1. The Morgan fingerprint density at radius 1 is 1.03 bits per heavy atom. The average molecular weight is 603 g/mol. The number of phosphoric acid groups is 2. The molecule has 11 unspecified atom stereocenters. The highest BCUT2D eigenvalue weighted by Gasteiger charge is 2.47. The van der Waals surface area contributed by atoms with E-state index in [9.17, 15) is 49.2 Å². The van der Waals surface area contributed by atoms with Gasteiger partial charge in [-0.15, -0.1) is 0 Å². The zero-order valence-electron chi connectivity index (χ0n) is 19.3. The summed E-state index contributed by atoms with van der Waals surface area (Å²) in [4.78, 5) is 46.1. The molecule has 0 spiro atoms. The van der Waals surface area contributed by atoms with Crippen molar-refractivity contribution >= 4 is 32.8 Å². The minimum absolute atomic E-state index is 0.135. The Labute approximate surface area is 216 Å². The van der Waals surface area contributed by atoms with E-state index >= 15 is 0 Å². The van der Waals surface area contributed by atoms with Crippen LogP contribution < -0.4 is 21.1 Å². The molecule has 4 heterocycles. The van der Waals surface area contributed by atoms with Crippen molar-refractivity contribution in [2.75, 3.05) is 18.9 Å². The largest absolute Gasteiger partial charge is 0.756 e. The number of fused-ring (bicyclic) bond motifs is 1. The van der Waals surface area contributed by atoms with Gasteiger partial charge in [-0.3, -0.25) is 28.0 Å². The van der Waals surface area contributed by atoms with Crippen molar-refractivity contribution in [1.82, 2.24) is 19.5 Å². The number of nitrogen functional groups attached to an aromatic ring is 1. The Bertz CT molecular complexity index is 1340. The number of aliphatic hydroxyl groups is 6. The lowest BCUT2D eigenvalue weighted by Gasteiger charge is -2.41. The molecule has 21 nitrogen and oxygen atoms in total. The first-order chi connectivity index (χ1) is 18.1. The maximum absolute atomic E-state index is 12.1. The normalized spacial score (nSPS) is 36.6. The van der Waals surface area contributed by atoms with Crippen molar-refractivity contribution in [3.63, 3.8) is 0 Å². The highest BCUT2D eigenvalue weighted by Crippen LogP contribution is 2.57. The number of anilines is 1. The smallest absolute Gasteiger partial charge is 0.280 e. The molecular weight excluding hydrogens is 580 g/mol. The molecule has 39 heavy (non-hydrogen) atoms. The number of aromatic nitrogens is 4. The van der Waals surface area contributed by atoms with Gasteiger partial charge in [0.15, 0.2) is 23.7 Å². The maximum Gasteiger partial charge on any atom is 0.280 e. The molecule has 0 saturated carbocycles. The summed E-state index contributed by atoms with van der Waals surface area (Å²) in [5, 5.41) is 59.1.